The average Bonchev–Trinajstić information content (AvgIpc) is 2.73. The number of fused-ring (bicyclic) bond motifs is 7. The maximum atomic E-state index is 14.3. The summed E-state index contributed by atoms with van der Waals surface area (Å²) in [7, 11) is 0. The summed E-state index contributed by atoms with van der Waals surface area (Å²) in [6, 6.07) is 0. The van der Waals surface area contributed by atoms with Crippen molar-refractivity contribution in [1.29, 1.82) is 0 Å². The van der Waals surface area contributed by atoms with Crippen LogP contribution in [-0.2, 0) is 9.59 Å². The number of Topliss-reactive ketones (excluding diaryl/α,β-unsaturated/α-hetero) is 1. The molecular weight excluding hydrogens is 420 g/mol. The third-order valence-corrected chi connectivity index (χ3v) is 13.4. The van der Waals surface area contributed by atoms with E-state index < -0.39 is 0 Å². The lowest BCUT2D eigenvalue weighted by molar-refractivity contribution is -0.202. The zero-order valence-corrected chi connectivity index (χ0v) is 23.0. The highest BCUT2D eigenvalue weighted by molar-refractivity contribution is 5.95. The van der Waals surface area contributed by atoms with E-state index in [0.717, 1.165) is 51.4 Å². The molecule has 0 radical (unpaired) electrons. The first-order chi connectivity index (χ1) is 15.6. The molecule has 1 N–H and O–H groups in total. The summed E-state index contributed by atoms with van der Waals surface area (Å²) in [6.45, 7) is 18.1. The van der Waals surface area contributed by atoms with E-state index in [2.05, 4.69) is 54.5 Å². The van der Waals surface area contributed by atoms with Gasteiger partial charge in [-0.25, -0.2) is 0 Å². The van der Waals surface area contributed by atoms with Crippen molar-refractivity contribution in [3.05, 3.63) is 11.6 Å². The van der Waals surface area contributed by atoms with Crippen LogP contribution in [0, 0.1) is 50.2 Å². The van der Waals surface area contributed by atoms with Gasteiger partial charge in [-0.15, -0.1) is 0 Å². The second kappa shape index (κ2) is 7.08. The lowest BCUT2D eigenvalue weighted by atomic mass is 9.33. The van der Waals surface area contributed by atoms with Crippen LogP contribution in [0.25, 0.3) is 0 Å². The van der Waals surface area contributed by atoms with E-state index >= 15 is 0 Å². The highest BCUT2D eigenvalue weighted by Crippen LogP contribution is 2.75. The molecule has 0 heterocycles. The summed E-state index contributed by atoms with van der Waals surface area (Å²) in [5.41, 5.74) is 1.02. The molecule has 4 fully saturated rings. The zero-order chi connectivity index (χ0) is 25.1. The number of aliphatic hydroxyl groups excluding tert-OH is 1. The Bertz CT molecular complexity index is 962. The minimum atomic E-state index is -0.280. The van der Waals surface area contributed by atoms with E-state index in [1.165, 1.54) is 12.0 Å². The smallest absolute Gasteiger partial charge is 0.159 e. The van der Waals surface area contributed by atoms with Gasteiger partial charge in [-0.3, -0.25) is 9.59 Å². The van der Waals surface area contributed by atoms with E-state index in [1.54, 1.807) is 6.92 Å². The van der Waals surface area contributed by atoms with Crippen LogP contribution in [0.2, 0.25) is 0 Å². The Labute approximate surface area is 207 Å². The molecule has 3 heteroatoms. The van der Waals surface area contributed by atoms with E-state index in [-0.39, 0.29) is 44.5 Å². The number of aliphatic hydroxyl groups is 1. The van der Waals surface area contributed by atoms with E-state index in [9.17, 15) is 14.7 Å². The Balaban J connectivity index is 1.62. The number of ketones is 2. The molecule has 190 valence electrons. The second-order valence-corrected chi connectivity index (χ2v) is 15.2. The summed E-state index contributed by atoms with van der Waals surface area (Å²) in [6.07, 6.45) is 11.0. The van der Waals surface area contributed by atoms with Crippen LogP contribution < -0.4 is 0 Å². The van der Waals surface area contributed by atoms with Gasteiger partial charge < -0.3 is 5.11 Å². The lowest BCUT2D eigenvalue weighted by Crippen LogP contribution is -2.66. The van der Waals surface area contributed by atoms with Crippen molar-refractivity contribution < 1.29 is 14.7 Å². The second-order valence-electron chi connectivity index (χ2n) is 15.2. The van der Waals surface area contributed by atoms with Crippen molar-refractivity contribution in [2.24, 2.45) is 50.2 Å². The van der Waals surface area contributed by atoms with Gasteiger partial charge in [0.1, 0.15) is 5.78 Å². The first-order valence-corrected chi connectivity index (χ1v) is 14.0. The molecule has 0 bridgehead atoms. The Morgan fingerprint density at radius 2 is 1.56 bits per heavy atom. The molecular formula is C31H48O3. The van der Waals surface area contributed by atoms with Crippen molar-refractivity contribution in [3.8, 4) is 0 Å². The van der Waals surface area contributed by atoms with Gasteiger partial charge in [0.25, 0.3) is 0 Å². The zero-order valence-electron chi connectivity index (χ0n) is 23.0. The van der Waals surface area contributed by atoms with Crippen LogP contribution >= 0.6 is 0 Å². The van der Waals surface area contributed by atoms with Crippen LogP contribution in [0.1, 0.15) is 113 Å². The first-order valence-electron chi connectivity index (χ1n) is 14.0. The van der Waals surface area contributed by atoms with Gasteiger partial charge in [-0.05, 0) is 110 Å². The third kappa shape index (κ3) is 2.86. The predicted molar refractivity (Wildman–Crippen MR) is 136 cm³/mol. The van der Waals surface area contributed by atoms with Crippen LogP contribution in [0.15, 0.2) is 11.6 Å². The van der Waals surface area contributed by atoms with Gasteiger partial charge in [0.15, 0.2) is 5.78 Å². The molecule has 5 aliphatic carbocycles. The largest absolute Gasteiger partial charge is 0.393 e. The Morgan fingerprint density at radius 1 is 0.912 bits per heavy atom. The minimum Gasteiger partial charge on any atom is -0.393 e. The van der Waals surface area contributed by atoms with Crippen LogP contribution in [-0.4, -0.2) is 22.8 Å². The number of carbonyl (C=O) groups is 2. The highest BCUT2D eigenvalue weighted by atomic mass is 16.3. The Kier molecular flexibility index (Phi) is 5.15. The van der Waals surface area contributed by atoms with Crippen molar-refractivity contribution in [2.75, 3.05) is 0 Å². The minimum absolute atomic E-state index is 0.00101. The number of carbonyl (C=O) groups excluding carboxylic acids is 2. The summed E-state index contributed by atoms with van der Waals surface area (Å²) in [5, 5.41) is 10.9. The molecule has 0 aromatic rings. The quantitative estimate of drug-likeness (QED) is 0.454. The van der Waals surface area contributed by atoms with Gasteiger partial charge in [-0.2, -0.15) is 0 Å². The lowest BCUT2D eigenvalue weighted by Gasteiger charge is -2.70. The fourth-order valence-corrected chi connectivity index (χ4v) is 10.5. The summed E-state index contributed by atoms with van der Waals surface area (Å²) in [4.78, 5) is 26.9. The molecule has 34 heavy (non-hydrogen) atoms. The van der Waals surface area contributed by atoms with Gasteiger partial charge >= 0.3 is 0 Å². The standard InChI is InChI=1S/C31H48O3/c1-19(32)28(5)14-13-27(4)15-16-30(7)20(21(27)18-28)17-22(33)25-29(6)11-10-24(34)26(2,3)23(29)9-12-31(25,30)8/h17,21,23-25,34H,9-16,18H2,1-8H3/t21-,23-,24-,25+,27+,28-,29-,30+,31+/m0/s1. The van der Waals surface area contributed by atoms with Crippen molar-refractivity contribution in [2.45, 2.75) is 119 Å². The molecule has 3 nitrogen and oxygen atoms in total. The molecule has 0 unspecified atom stereocenters. The molecule has 0 spiro atoms. The maximum absolute atomic E-state index is 14.3. The topological polar surface area (TPSA) is 54.4 Å². The molecule has 5 aliphatic rings. The first kappa shape index (κ1) is 24.7. The summed E-state index contributed by atoms with van der Waals surface area (Å²) >= 11 is 0. The van der Waals surface area contributed by atoms with Crippen LogP contribution in [0.5, 0.6) is 0 Å². The monoisotopic (exact) mass is 468 g/mol. The van der Waals surface area contributed by atoms with Crippen molar-refractivity contribution in [1.82, 2.24) is 0 Å². The molecule has 5 rings (SSSR count). The van der Waals surface area contributed by atoms with Crippen LogP contribution in [0.4, 0.5) is 0 Å². The SMILES string of the molecule is CC(=O)[C@@]1(C)CC[C@]2(C)CC[C@]3(C)C(=CC(=O)[C@@H]4[C@@]5(C)CC[C@H](O)C(C)(C)[C@@H]5CC[C@]43C)[C@@H]2C1. The van der Waals surface area contributed by atoms with Gasteiger partial charge in [-0.1, -0.05) is 54.0 Å². The molecule has 0 aliphatic heterocycles. The van der Waals surface area contributed by atoms with Crippen LogP contribution in [0.3, 0.4) is 0 Å². The fraction of sp³-hybridized carbons (Fsp3) is 0.871. The molecule has 0 aromatic carbocycles. The molecule has 0 amide bonds. The molecule has 9 atom stereocenters. The molecule has 4 saturated carbocycles. The number of rotatable bonds is 1. The van der Waals surface area contributed by atoms with Crippen molar-refractivity contribution in [3.63, 3.8) is 0 Å². The Hall–Kier alpha value is -0.960. The van der Waals surface area contributed by atoms with Crippen molar-refractivity contribution >= 4 is 11.6 Å². The predicted octanol–water partition coefficient (Wildman–Crippen LogP) is 6.92. The fourth-order valence-electron chi connectivity index (χ4n) is 10.5. The van der Waals surface area contributed by atoms with Gasteiger partial charge in [0, 0.05) is 11.3 Å². The van der Waals surface area contributed by atoms with E-state index in [0.29, 0.717) is 23.4 Å². The summed E-state index contributed by atoms with van der Waals surface area (Å²) < 4.78 is 0. The van der Waals surface area contributed by atoms with E-state index in [4.69, 9.17) is 0 Å². The average molecular weight is 469 g/mol. The Morgan fingerprint density at radius 3 is 2.21 bits per heavy atom. The number of hydrogen-bond donors (Lipinski definition) is 1. The van der Waals surface area contributed by atoms with Gasteiger partial charge in [0.05, 0.1) is 6.10 Å². The van der Waals surface area contributed by atoms with Gasteiger partial charge in [0.2, 0.25) is 0 Å². The molecule has 0 saturated heterocycles. The normalized spacial score (nSPS) is 54.1. The number of hydrogen-bond acceptors (Lipinski definition) is 3. The van der Waals surface area contributed by atoms with E-state index in [1.807, 2.05) is 0 Å². The third-order valence-electron chi connectivity index (χ3n) is 13.4. The maximum Gasteiger partial charge on any atom is 0.159 e. The highest BCUT2D eigenvalue weighted by Gasteiger charge is 2.70. The number of allylic oxidation sites excluding steroid dienone is 2. The summed E-state index contributed by atoms with van der Waals surface area (Å²) in [5.74, 6) is 1.37. The molecule has 0 aromatic heterocycles.